The minimum Gasteiger partial charge on any atom is -0.349 e. The smallest absolute Gasteiger partial charge is 0.271 e. The van der Waals surface area contributed by atoms with Gasteiger partial charge in [0.15, 0.2) is 0 Å². The summed E-state index contributed by atoms with van der Waals surface area (Å²) in [5.41, 5.74) is 0.455. The van der Waals surface area contributed by atoms with Crippen LogP contribution in [0.15, 0.2) is 22.8 Å². The van der Waals surface area contributed by atoms with Gasteiger partial charge in [-0.15, -0.1) is 0 Å². The summed E-state index contributed by atoms with van der Waals surface area (Å²) in [4.78, 5) is 18.8. The van der Waals surface area contributed by atoms with Crippen molar-refractivity contribution in [2.24, 2.45) is 5.92 Å². The van der Waals surface area contributed by atoms with Gasteiger partial charge in [-0.05, 0) is 59.9 Å². The molecule has 4 nitrogen and oxygen atoms in total. The number of hydrogen-bond donors (Lipinski definition) is 1. The van der Waals surface area contributed by atoms with Gasteiger partial charge in [0, 0.05) is 23.3 Å². The number of nitrogens with one attached hydrogen (secondary N) is 1. The molecule has 1 aromatic heterocycles. The van der Waals surface area contributed by atoms with Crippen molar-refractivity contribution in [1.82, 2.24) is 15.2 Å². The summed E-state index contributed by atoms with van der Waals surface area (Å²) in [7, 11) is 0. The summed E-state index contributed by atoms with van der Waals surface area (Å²) >= 11 is 3.37. The van der Waals surface area contributed by atoms with Crippen LogP contribution in [0.5, 0.6) is 0 Å². The molecule has 2 rings (SSSR count). The third-order valence-corrected chi connectivity index (χ3v) is 4.46. The lowest BCUT2D eigenvalue weighted by molar-refractivity contribution is 0.0921. The van der Waals surface area contributed by atoms with Crippen molar-refractivity contribution >= 4 is 21.8 Å². The van der Waals surface area contributed by atoms with Crippen LogP contribution < -0.4 is 5.32 Å². The summed E-state index contributed by atoms with van der Waals surface area (Å²) in [6.07, 6.45) is 4.17. The first kappa shape index (κ1) is 15.4. The normalized spacial score (nSPS) is 17.4. The van der Waals surface area contributed by atoms with Gasteiger partial charge in [0.05, 0.1) is 0 Å². The average Bonchev–Trinajstić information content (AvgIpc) is 2.92. The number of nitrogens with zero attached hydrogens (tertiary/aromatic N) is 2. The Bertz CT molecular complexity index is 458. The quantitative estimate of drug-likeness (QED) is 0.896. The molecule has 0 spiro atoms. The number of pyridine rings is 1. The molecule has 2 heterocycles. The van der Waals surface area contributed by atoms with Crippen molar-refractivity contribution in [3.8, 4) is 0 Å². The van der Waals surface area contributed by atoms with Gasteiger partial charge < -0.3 is 5.32 Å². The highest BCUT2D eigenvalue weighted by atomic mass is 79.9. The number of likely N-dealkylation sites (tertiary alicyclic amines) is 1. The van der Waals surface area contributed by atoms with Gasteiger partial charge in [-0.25, -0.2) is 4.98 Å². The van der Waals surface area contributed by atoms with Gasteiger partial charge in [-0.3, -0.25) is 9.69 Å². The maximum atomic E-state index is 12.2. The number of aromatic nitrogens is 1. The zero-order valence-corrected chi connectivity index (χ0v) is 13.7. The van der Waals surface area contributed by atoms with Gasteiger partial charge >= 0.3 is 0 Å². The van der Waals surface area contributed by atoms with Crippen molar-refractivity contribution in [2.75, 3.05) is 19.6 Å². The van der Waals surface area contributed by atoms with Crippen molar-refractivity contribution in [3.05, 3.63) is 28.5 Å². The van der Waals surface area contributed by atoms with Crippen molar-refractivity contribution < 1.29 is 4.79 Å². The maximum absolute atomic E-state index is 12.2. The van der Waals surface area contributed by atoms with Crippen LogP contribution in [0.25, 0.3) is 0 Å². The van der Waals surface area contributed by atoms with E-state index in [0.717, 1.165) is 17.6 Å². The second-order valence-electron chi connectivity index (χ2n) is 5.60. The van der Waals surface area contributed by atoms with Crippen LogP contribution in [0.3, 0.4) is 0 Å². The third-order valence-electron chi connectivity index (χ3n) is 3.82. The molecule has 0 saturated carbocycles. The van der Waals surface area contributed by atoms with E-state index in [4.69, 9.17) is 0 Å². The Labute approximate surface area is 129 Å². The maximum Gasteiger partial charge on any atom is 0.271 e. The number of carbonyl (C=O) groups is 1. The first-order valence-electron chi connectivity index (χ1n) is 7.22. The highest BCUT2D eigenvalue weighted by Crippen LogP contribution is 2.18. The lowest BCUT2D eigenvalue weighted by Gasteiger charge is -2.30. The van der Waals surface area contributed by atoms with Crippen LogP contribution in [-0.2, 0) is 0 Å². The first-order valence-corrected chi connectivity index (χ1v) is 8.01. The Kier molecular flexibility index (Phi) is 5.54. The molecule has 1 N–H and O–H groups in total. The Balaban J connectivity index is 1.95. The third kappa shape index (κ3) is 3.79. The van der Waals surface area contributed by atoms with Crippen LogP contribution >= 0.6 is 15.9 Å². The zero-order chi connectivity index (χ0) is 14.5. The molecule has 110 valence electrons. The highest BCUT2D eigenvalue weighted by molar-refractivity contribution is 9.10. The second kappa shape index (κ2) is 7.18. The first-order chi connectivity index (χ1) is 9.59. The molecule has 1 aromatic rings. The van der Waals surface area contributed by atoms with E-state index in [1.54, 1.807) is 6.20 Å². The fourth-order valence-electron chi connectivity index (χ4n) is 2.69. The van der Waals surface area contributed by atoms with E-state index in [1.807, 2.05) is 12.1 Å². The molecule has 0 bridgehead atoms. The molecule has 5 heteroatoms. The fraction of sp³-hybridized carbons (Fsp3) is 0.600. The average molecular weight is 340 g/mol. The number of amides is 1. The SMILES string of the molecule is CC(C)C(CNC(=O)c1ncccc1Br)N1CCCC1. The predicted molar refractivity (Wildman–Crippen MR) is 83.7 cm³/mol. The Hall–Kier alpha value is -0.940. The van der Waals surface area contributed by atoms with Crippen LogP contribution in [0, 0.1) is 5.92 Å². The number of rotatable bonds is 5. The molecule has 1 fully saturated rings. The van der Waals surface area contributed by atoms with Crippen LogP contribution in [0.1, 0.15) is 37.2 Å². The molecule has 0 aliphatic carbocycles. The molecule has 1 atom stereocenters. The predicted octanol–water partition coefficient (Wildman–Crippen LogP) is 2.69. The molecular formula is C15H22BrN3O. The van der Waals surface area contributed by atoms with E-state index in [2.05, 4.69) is 45.0 Å². The second-order valence-corrected chi connectivity index (χ2v) is 6.45. The van der Waals surface area contributed by atoms with Crippen molar-refractivity contribution in [2.45, 2.75) is 32.7 Å². The van der Waals surface area contributed by atoms with E-state index < -0.39 is 0 Å². The molecule has 0 aromatic carbocycles. The summed E-state index contributed by atoms with van der Waals surface area (Å²) in [6, 6.07) is 4.05. The molecule has 0 radical (unpaired) electrons. The van der Waals surface area contributed by atoms with E-state index in [0.29, 0.717) is 24.2 Å². The number of halogens is 1. The minimum absolute atomic E-state index is 0.109. The lowest BCUT2D eigenvalue weighted by Crippen LogP contribution is -2.45. The minimum atomic E-state index is -0.109. The summed E-state index contributed by atoms with van der Waals surface area (Å²) < 4.78 is 0.736. The molecule has 1 aliphatic rings. The van der Waals surface area contributed by atoms with E-state index in [1.165, 1.54) is 12.8 Å². The standard InChI is InChI=1S/C15H22BrN3O/c1-11(2)13(19-8-3-4-9-19)10-18-15(20)14-12(16)6-5-7-17-14/h5-7,11,13H,3-4,8-10H2,1-2H3,(H,18,20). The molecule has 1 unspecified atom stereocenters. The van der Waals surface area contributed by atoms with Crippen LogP contribution in [0.2, 0.25) is 0 Å². The Morgan fingerprint density at radius 3 is 2.75 bits per heavy atom. The van der Waals surface area contributed by atoms with E-state index in [-0.39, 0.29) is 5.91 Å². The molecule has 20 heavy (non-hydrogen) atoms. The summed E-state index contributed by atoms with van der Waals surface area (Å²) in [5, 5.41) is 3.02. The number of carbonyl (C=O) groups excluding carboxylic acids is 1. The van der Waals surface area contributed by atoms with Gasteiger partial charge in [0.25, 0.3) is 5.91 Å². The van der Waals surface area contributed by atoms with Gasteiger partial charge in [0.2, 0.25) is 0 Å². The fourth-order valence-corrected chi connectivity index (χ4v) is 3.13. The topological polar surface area (TPSA) is 45.2 Å². The molecule has 1 amide bonds. The summed E-state index contributed by atoms with van der Waals surface area (Å²) in [6.45, 7) is 7.40. The summed E-state index contributed by atoms with van der Waals surface area (Å²) in [5.74, 6) is 0.419. The zero-order valence-electron chi connectivity index (χ0n) is 12.1. The van der Waals surface area contributed by atoms with Crippen LogP contribution in [-0.4, -0.2) is 41.5 Å². The van der Waals surface area contributed by atoms with Crippen molar-refractivity contribution in [1.29, 1.82) is 0 Å². The highest BCUT2D eigenvalue weighted by Gasteiger charge is 2.25. The molecule has 1 aliphatic heterocycles. The monoisotopic (exact) mass is 339 g/mol. The Morgan fingerprint density at radius 2 is 2.15 bits per heavy atom. The lowest BCUT2D eigenvalue weighted by atomic mass is 10.0. The van der Waals surface area contributed by atoms with Crippen LogP contribution in [0.4, 0.5) is 0 Å². The van der Waals surface area contributed by atoms with E-state index in [9.17, 15) is 4.79 Å². The largest absolute Gasteiger partial charge is 0.349 e. The van der Waals surface area contributed by atoms with Gasteiger partial charge in [-0.1, -0.05) is 13.8 Å². The van der Waals surface area contributed by atoms with Gasteiger partial charge in [-0.2, -0.15) is 0 Å². The molecular weight excluding hydrogens is 318 g/mol. The Morgan fingerprint density at radius 1 is 1.45 bits per heavy atom. The van der Waals surface area contributed by atoms with E-state index >= 15 is 0 Å². The number of hydrogen-bond acceptors (Lipinski definition) is 3. The van der Waals surface area contributed by atoms with Crippen molar-refractivity contribution in [3.63, 3.8) is 0 Å². The van der Waals surface area contributed by atoms with Gasteiger partial charge in [0.1, 0.15) is 5.69 Å². The molecule has 1 saturated heterocycles.